The van der Waals surface area contributed by atoms with Crippen LogP contribution in [0.25, 0.3) is 11.3 Å². The molecule has 0 saturated carbocycles. The summed E-state index contributed by atoms with van der Waals surface area (Å²) in [5.41, 5.74) is 0.884. The third-order valence-electron chi connectivity index (χ3n) is 3.10. The van der Waals surface area contributed by atoms with E-state index in [0.29, 0.717) is 27.2 Å². The number of H-pyrrole nitrogens is 1. The van der Waals surface area contributed by atoms with Crippen LogP contribution in [0.15, 0.2) is 16.6 Å². The summed E-state index contributed by atoms with van der Waals surface area (Å²) in [6.07, 6.45) is 0. The molecule has 0 aliphatic carbocycles. The number of carbonyl (C=O) groups excluding carboxylic acids is 2. The first-order chi connectivity index (χ1) is 12.0. The maximum Gasteiger partial charge on any atom is 0.361 e. The molecule has 0 aliphatic rings. The molecule has 0 atom stereocenters. The molecule has 0 fully saturated rings. The maximum absolute atomic E-state index is 12.0. The summed E-state index contributed by atoms with van der Waals surface area (Å²) in [6, 6.07) is 3.21. The van der Waals surface area contributed by atoms with Gasteiger partial charge in [-0.1, -0.05) is 0 Å². The Morgan fingerprint density at radius 2 is 1.96 bits per heavy atom. The lowest BCUT2D eigenvalue weighted by Gasteiger charge is -2.13. The van der Waals surface area contributed by atoms with Gasteiger partial charge in [0.25, 0.3) is 0 Å². The predicted octanol–water partition coefficient (Wildman–Crippen LogP) is 1.97. The molecule has 2 aromatic rings. The van der Waals surface area contributed by atoms with Crippen molar-refractivity contribution in [1.82, 2.24) is 15.4 Å². The van der Waals surface area contributed by atoms with E-state index >= 15 is 0 Å². The largest absolute Gasteiger partial charge is 0.493 e. The van der Waals surface area contributed by atoms with Gasteiger partial charge in [0.05, 0.1) is 20.8 Å². The lowest BCUT2D eigenvalue weighted by atomic mass is 10.1. The van der Waals surface area contributed by atoms with Crippen molar-refractivity contribution in [2.75, 3.05) is 27.4 Å². The number of methoxy groups -OCH3 is 2. The molecule has 1 aromatic heterocycles. The van der Waals surface area contributed by atoms with Crippen LogP contribution >= 0.6 is 15.9 Å². The highest BCUT2D eigenvalue weighted by Crippen LogP contribution is 2.38. The highest BCUT2D eigenvalue weighted by atomic mass is 79.9. The zero-order chi connectivity index (χ0) is 18.4. The number of esters is 2. The van der Waals surface area contributed by atoms with Crippen molar-refractivity contribution >= 4 is 27.9 Å². The number of hydrogen-bond acceptors (Lipinski definition) is 8. The lowest BCUT2D eigenvalue weighted by molar-refractivity contribution is -0.142. The predicted molar refractivity (Wildman–Crippen MR) is 89.5 cm³/mol. The highest BCUT2D eigenvalue weighted by Gasteiger charge is 2.23. The van der Waals surface area contributed by atoms with E-state index in [4.69, 9.17) is 14.2 Å². The number of ether oxygens (including phenoxy) is 4. The van der Waals surface area contributed by atoms with Crippen LogP contribution in [-0.4, -0.2) is 54.8 Å². The normalized spacial score (nSPS) is 10.2. The number of hydrogen-bond donors (Lipinski definition) is 1. The van der Waals surface area contributed by atoms with Crippen LogP contribution in [0, 0.1) is 0 Å². The van der Waals surface area contributed by atoms with E-state index < -0.39 is 11.9 Å². The fourth-order valence-electron chi connectivity index (χ4n) is 1.94. The van der Waals surface area contributed by atoms with Crippen LogP contribution in [0.2, 0.25) is 0 Å². The second-order valence-corrected chi connectivity index (χ2v) is 5.44. The van der Waals surface area contributed by atoms with Crippen molar-refractivity contribution in [3.8, 4) is 22.8 Å². The molecule has 0 radical (unpaired) electrons. The molecule has 1 aromatic carbocycles. The van der Waals surface area contributed by atoms with Crippen molar-refractivity contribution in [3.05, 3.63) is 22.3 Å². The maximum atomic E-state index is 12.0. The number of halogens is 1. The molecule has 9 nitrogen and oxygen atoms in total. The molecule has 10 heteroatoms. The highest BCUT2D eigenvalue weighted by molar-refractivity contribution is 9.10. The number of rotatable bonds is 7. The minimum Gasteiger partial charge on any atom is -0.493 e. The van der Waals surface area contributed by atoms with Gasteiger partial charge in [-0.2, -0.15) is 10.3 Å². The number of nitrogens with zero attached hydrogens (tertiary/aromatic N) is 2. The molecule has 0 saturated heterocycles. The number of aromatic amines is 1. The molecular formula is C15H16BrN3O6. The van der Waals surface area contributed by atoms with Crippen LogP contribution < -0.4 is 9.47 Å². The van der Waals surface area contributed by atoms with Crippen molar-refractivity contribution in [2.45, 2.75) is 6.92 Å². The molecule has 0 spiro atoms. The van der Waals surface area contributed by atoms with E-state index in [1.54, 1.807) is 19.1 Å². The third kappa shape index (κ3) is 4.27. The molecule has 2 rings (SSSR count). The van der Waals surface area contributed by atoms with E-state index in [-0.39, 0.29) is 18.9 Å². The van der Waals surface area contributed by atoms with Crippen LogP contribution in [0.4, 0.5) is 0 Å². The average Bonchev–Trinajstić information content (AvgIpc) is 3.09. The summed E-state index contributed by atoms with van der Waals surface area (Å²) >= 11 is 3.39. The smallest absolute Gasteiger partial charge is 0.361 e. The summed E-state index contributed by atoms with van der Waals surface area (Å²) in [7, 11) is 2.72. The SMILES string of the molecule is CCOC(=O)c1n[nH]nc1-c1cc(OC)c(OCC(=O)OC)cc1Br. The zero-order valence-corrected chi connectivity index (χ0v) is 15.4. The quantitative estimate of drug-likeness (QED) is 0.685. The van der Waals surface area contributed by atoms with Gasteiger partial charge in [-0.25, -0.2) is 9.59 Å². The van der Waals surface area contributed by atoms with Gasteiger partial charge in [-0.05, 0) is 35.0 Å². The second kappa shape index (κ2) is 8.47. The Balaban J connectivity index is 2.39. The van der Waals surface area contributed by atoms with Gasteiger partial charge in [-0.15, -0.1) is 5.10 Å². The molecule has 0 bridgehead atoms. The Morgan fingerprint density at radius 3 is 2.60 bits per heavy atom. The molecule has 0 aliphatic heterocycles. The van der Waals surface area contributed by atoms with Gasteiger partial charge >= 0.3 is 11.9 Å². The second-order valence-electron chi connectivity index (χ2n) is 4.59. The molecular weight excluding hydrogens is 398 g/mol. The summed E-state index contributed by atoms with van der Waals surface area (Å²) in [5, 5.41) is 10.2. The number of benzene rings is 1. The summed E-state index contributed by atoms with van der Waals surface area (Å²) in [6.45, 7) is 1.65. The van der Waals surface area contributed by atoms with Gasteiger partial charge < -0.3 is 18.9 Å². The first kappa shape index (κ1) is 18.7. The zero-order valence-electron chi connectivity index (χ0n) is 13.8. The van der Waals surface area contributed by atoms with E-state index in [1.165, 1.54) is 14.2 Å². The topological polar surface area (TPSA) is 113 Å². The van der Waals surface area contributed by atoms with Crippen LogP contribution in [0.3, 0.4) is 0 Å². The Hall–Kier alpha value is -2.62. The van der Waals surface area contributed by atoms with E-state index in [0.717, 1.165) is 0 Å². The van der Waals surface area contributed by atoms with E-state index in [1.807, 2.05) is 0 Å². The van der Waals surface area contributed by atoms with Gasteiger partial charge in [0.2, 0.25) is 0 Å². The Labute approximate surface area is 151 Å². The number of nitrogens with one attached hydrogen (secondary N) is 1. The number of carbonyl (C=O) groups is 2. The fraction of sp³-hybridized carbons (Fsp3) is 0.333. The molecule has 134 valence electrons. The average molecular weight is 414 g/mol. The lowest BCUT2D eigenvalue weighted by Crippen LogP contribution is -2.13. The fourth-order valence-corrected chi connectivity index (χ4v) is 2.46. The minimum absolute atomic E-state index is 0.0489. The summed E-state index contributed by atoms with van der Waals surface area (Å²) in [5.74, 6) is -0.448. The number of aromatic nitrogens is 3. The molecule has 1 N–H and O–H groups in total. The first-order valence-electron chi connectivity index (χ1n) is 7.17. The van der Waals surface area contributed by atoms with Crippen LogP contribution in [0.5, 0.6) is 11.5 Å². The first-order valence-corrected chi connectivity index (χ1v) is 7.96. The monoisotopic (exact) mass is 413 g/mol. The van der Waals surface area contributed by atoms with E-state index in [2.05, 4.69) is 36.1 Å². The van der Waals surface area contributed by atoms with Crippen LogP contribution in [-0.2, 0) is 14.3 Å². The van der Waals surface area contributed by atoms with E-state index in [9.17, 15) is 9.59 Å². The van der Waals surface area contributed by atoms with Crippen LogP contribution in [0.1, 0.15) is 17.4 Å². The molecule has 0 unspecified atom stereocenters. The van der Waals surface area contributed by atoms with Crippen molar-refractivity contribution in [2.24, 2.45) is 0 Å². The summed E-state index contributed by atoms with van der Waals surface area (Å²) < 4.78 is 20.7. The standard InChI is InChI=1S/C15H16BrN3O6/c1-4-24-15(21)14-13(17-19-18-14)8-5-10(22-2)11(6-9(8)16)25-7-12(20)23-3/h5-6H,4,7H2,1-3H3,(H,17,18,19). The Bertz CT molecular complexity index is 777. The van der Waals surface area contributed by atoms with Crippen molar-refractivity contribution in [1.29, 1.82) is 0 Å². The van der Waals surface area contributed by atoms with Crippen molar-refractivity contribution < 1.29 is 28.5 Å². The summed E-state index contributed by atoms with van der Waals surface area (Å²) in [4.78, 5) is 23.2. The Morgan fingerprint density at radius 1 is 1.20 bits per heavy atom. The van der Waals surface area contributed by atoms with Gasteiger partial charge in [0.1, 0.15) is 5.69 Å². The van der Waals surface area contributed by atoms with Gasteiger partial charge in [0.15, 0.2) is 23.8 Å². The van der Waals surface area contributed by atoms with Crippen molar-refractivity contribution in [3.63, 3.8) is 0 Å². The van der Waals surface area contributed by atoms with Gasteiger partial charge in [-0.3, -0.25) is 0 Å². The van der Waals surface area contributed by atoms with Gasteiger partial charge in [0, 0.05) is 10.0 Å². The molecule has 0 amide bonds. The molecule has 25 heavy (non-hydrogen) atoms. The minimum atomic E-state index is -0.594. The molecule has 1 heterocycles. The Kier molecular flexibility index (Phi) is 6.34. The third-order valence-corrected chi connectivity index (χ3v) is 3.75.